The van der Waals surface area contributed by atoms with Crippen LogP contribution in [0.2, 0.25) is 0 Å². The lowest BCUT2D eigenvalue weighted by atomic mass is 10.1. The van der Waals surface area contributed by atoms with Gasteiger partial charge < -0.3 is 34.1 Å². The van der Waals surface area contributed by atoms with Gasteiger partial charge in [-0.05, 0) is 61.7 Å². The molecule has 2 aromatic carbocycles. The number of thiophene rings is 1. The normalized spacial score (nSPS) is 10.6. The van der Waals surface area contributed by atoms with E-state index in [1.165, 1.54) is 9.78 Å². The maximum absolute atomic E-state index is 13.7. The van der Waals surface area contributed by atoms with Crippen LogP contribution in [0.25, 0.3) is 0 Å². The van der Waals surface area contributed by atoms with E-state index < -0.39 is 0 Å². The summed E-state index contributed by atoms with van der Waals surface area (Å²) in [7, 11) is 6.37. The second-order valence-corrected chi connectivity index (χ2v) is 10.5. The first-order chi connectivity index (χ1) is 19.4. The fourth-order valence-electron chi connectivity index (χ4n) is 4.21. The van der Waals surface area contributed by atoms with Crippen molar-refractivity contribution in [3.05, 3.63) is 69.9 Å². The van der Waals surface area contributed by atoms with E-state index in [1.807, 2.05) is 48.2 Å². The van der Waals surface area contributed by atoms with Crippen LogP contribution in [0.5, 0.6) is 17.2 Å². The predicted octanol–water partition coefficient (Wildman–Crippen LogP) is 5.22. The summed E-state index contributed by atoms with van der Waals surface area (Å²) in [5.41, 5.74) is 1.56. The van der Waals surface area contributed by atoms with Gasteiger partial charge in [-0.2, -0.15) is 0 Å². The van der Waals surface area contributed by atoms with Crippen molar-refractivity contribution in [2.45, 2.75) is 26.3 Å². The second-order valence-electron chi connectivity index (χ2n) is 9.17. The SMILES string of the molecule is COCCCN(CC(=O)N(CCc1ccc(OC)c(OC)c1)Cc1ccc(C)s1)C(=O)Nc1ccccc1OC. The number of benzene rings is 2. The molecule has 40 heavy (non-hydrogen) atoms. The van der Waals surface area contributed by atoms with Gasteiger partial charge in [0.25, 0.3) is 0 Å². The highest BCUT2D eigenvalue weighted by Gasteiger charge is 2.23. The lowest BCUT2D eigenvalue weighted by Crippen LogP contribution is -2.45. The Kier molecular flexibility index (Phi) is 12.1. The number of nitrogens with zero attached hydrogens (tertiary/aromatic N) is 2. The third-order valence-corrected chi connectivity index (χ3v) is 7.34. The second kappa shape index (κ2) is 15.7. The molecule has 3 aromatic rings. The van der Waals surface area contributed by atoms with E-state index in [9.17, 15) is 9.59 Å². The van der Waals surface area contributed by atoms with Crippen molar-refractivity contribution in [2.24, 2.45) is 0 Å². The predicted molar refractivity (Wildman–Crippen MR) is 158 cm³/mol. The summed E-state index contributed by atoms with van der Waals surface area (Å²) in [6, 6.07) is 16.7. The number of carbonyl (C=O) groups is 2. The van der Waals surface area contributed by atoms with Gasteiger partial charge in [-0.25, -0.2) is 4.79 Å². The fraction of sp³-hybridized carbons (Fsp3) is 0.400. The summed E-state index contributed by atoms with van der Waals surface area (Å²) in [6.45, 7) is 3.76. The summed E-state index contributed by atoms with van der Waals surface area (Å²) in [5.74, 6) is 1.70. The van der Waals surface area contributed by atoms with Crippen LogP contribution in [0.4, 0.5) is 10.5 Å². The summed E-state index contributed by atoms with van der Waals surface area (Å²) in [6.07, 6.45) is 1.21. The zero-order valence-corrected chi connectivity index (χ0v) is 24.7. The molecule has 0 unspecified atom stereocenters. The van der Waals surface area contributed by atoms with Gasteiger partial charge in [-0.3, -0.25) is 4.79 Å². The minimum absolute atomic E-state index is 0.0685. The highest BCUT2D eigenvalue weighted by atomic mass is 32.1. The van der Waals surface area contributed by atoms with Crippen LogP contribution in [0.1, 0.15) is 21.7 Å². The molecule has 0 fully saturated rings. The molecule has 216 valence electrons. The highest BCUT2D eigenvalue weighted by Crippen LogP contribution is 2.28. The molecule has 0 saturated heterocycles. The van der Waals surface area contributed by atoms with Crippen LogP contribution in [0, 0.1) is 6.92 Å². The zero-order valence-electron chi connectivity index (χ0n) is 23.9. The van der Waals surface area contributed by atoms with E-state index >= 15 is 0 Å². The lowest BCUT2D eigenvalue weighted by Gasteiger charge is -2.28. The van der Waals surface area contributed by atoms with E-state index in [0.29, 0.717) is 62.0 Å². The van der Waals surface area contributed by atoms with Gasteiger partial charge in [0.2, 0.25) is 5.91 Å². The minimum atomic E-state index is -0.374. The maximum Gasteiger partial charge on any atom is 0.322 e. The number of anilines is 1. The Morgan fingerprint density at radius 1 is 0.850 bits per heavy atom. The Morgan fingerprint density at radius 3 is 2.27 bits per heavy atom. The third kappa shape index (κ3) is 8.89. The number of carbonyl (C=O) groups excluding carboxylic acids is 2. The number of ether oxygens (including phenoxy) is 4. The molecular weight excluding hydrogens is 530 g/mol. The quantitative estimate of drug-likeness (QED) is 0.252. The van der Waals surface area contributed by atoms with Crippen molar-refractivity contribution >= 4 is 29.0 Å². The number of amides is 3. The van der Waals surface area contributed by atoms with Crippen LogP contribution in [-0.4, -0.2) is 76.4 Å². The summed E-state index contributed by atoms with van der Waals surface area (Å²) < 4.78 is 21.4. The topological polar surface area (TPSA) is 89.6 Å². The van der Waals surface area contributed by atoms with Crippen molar-refractivity contribution in [1.29, 1.82) is 0 Å². The molecule has 3 amide bonds. The molecule has 0 spiro atoms. The Labute approximate surface area is 240 Å². The number of methoxy groups -OCH3 is 4. The summed E-state index contributed by atoms with van der Waals surface area (Å²) in [4.78, 5) is 32.7. The van der Waals surface area contributed by atoms with Gasteiger partial charge >= 0.3 is 6.03 Å². The number of para-hydroxylation sites is 2. The molecule has 0 saturated carbocycles. The van der Waals surface area contributed by atoms with Crippen molar-refractivity contribution in [3.63, 3.8) is 0 Å². The van der Waals surface area contributed by atoms with Gasteiger partial charge in [0.05, 0.1) is 33.6 Å². The van der Waals surface area contributed by atoms with Gasteiger partial charge in [0.15, 0.2) is 11.5 Å². The molecule has 1 N–H and O–H groups in total. The van der Waals surface area contributed by atoms with Crippen LogP contribution >= 0.6 is 11.3 Å². The fourth-order valence-corrected chi connectivity index (χ4v) is 5.11. The number of urea groups is 1. The molecule has 0 aliphatic carbocycles. The number of aryl methyl sites for hydroxylation is 1. The molecule has 0 aliphatic heterocycles. The molecule has 0 aliphatic rings. The Morgan fingerprint density at radius 2 is 1.60 bits per heavy atom. The first-order valence-electron chi connectivity index (χ1n) is 13.1. The van der Waals surface area contributed by atoms with Gasteiger partial charge in [0.1, 0.15) is 12.3 Å². The van der Waals surface area contributed by atoms with E-state index in [1.54, 1.807) is 51.9 Å². The zero-order chi connectivity index (χ0) is 28.9. The molecule has 0 radical (unpaired) electrons. The van der Waals surface area contributed by atoms with Crippen LogP contribution in [0.3, 0.4) is 0 Å². The van der Waals surface area contributed by atoms with Crippen molar-refractivity contribution in [1.82, 2.24) is 9.80 Å². The largest absolute Gasteiger partial charge is 0.495 e. The molecule has 1 heterocycles. The van der Waals surface area contributed by atoms with Crippen LogP contribution < -0.4 is 19.5 Å². The minimum Gasteiger partial charge on any atom is -0.495 e. The van der Waals surface area contributed by atoms with Crippen molar-refractivity contribution in [2.75, 3.05) is 60.0 Å². The van der Waals surface area contributed by atoms with E-state index in [-0.39, 0.29) is 18.5 Å². The first kappa shape index (κ1) is 30.8. The van der Waals surface area contributed by atoms with E-state index in [0.717, 1.165) is 10.4 Å². The molecule has 0 atom stereocenters. The molecular formula is C30H39N3O6S. The lowest BCUT2D eigenvalue weighted by molar-refractivity contribution is -0.132. The number of hydrogen-bond acceptors (Lipinski definition) is 7. The molecule has 0 bridgehead atoms. The van der Waals surface area contributed by atoms with Gasteiger partial charge in [-0.1, -0.05) is 18.2 Å². The summed E-state index contributed by atoms with van der Waals surface area (Å²) in [5, 5.41) is 2.89. The van der Waals surface area contributed by atoms with Crippen molar-refractivity contribution in [3.8, 4) is 17.2 Å². The monoisotopic (exact) mass is 569 g/mol. The van der Waals surface area contributed by atoms with Crippen molar-refractivity contribution < 1.29 is 28.5 Å². The number of hydrogen-bond donors (Lipinski definition) is 1. The average Bonchev–Trinajstić information content (AvgIpc) is 3.38. The first-order valence-corrected chi connectivity index (χ1v) is 13.9. The maximum atomic E-state index is 13.7. The van der Waals surface area contributed by atoms with E-state index in [2.05, 4.69) is 11.4 Å². The van der Waals surface area contributed by atoms with E-state index in [4.69, 9.17) is 18.9 Å². The van der Waals surface area contributed by atoms with Crippen LogP contribution in [-0.2, 0) is 22.5 Å². The molecule has 9 nitrogen and oxygen atoms in total. The summed E-state index contributed by atoms with van der Waals surface area (Å²) >= 11 is 1.66. The molecule has 10 heteroatoms. The average molecular weight is 570 g/mol. The Bertz CT molecular complexity index is 1250. The number of rotatable bonds is 15. The number of nitrogens with one attached hydrogen (secondary N) is 1. The highest BCUT2D eigenvalue weighted by molar-refractivity contribution is 7.11. The van der Waals surface area contributed by atoms with Gasteiger partial charge in [-0.15, -0.1) is 11.3 Å². The standard InChI is InChI=1S/C30H39N3O6S/c1-22-11-13-24(40-22)20-32(17-15-23-12-14-27(38-4)28(19-23)39-5)29(34)21-33(16-8-18-36-2)30(35)31-25-9-6-7-10-26(25)37-3/h6-7,9-14,19H,8,15-18,20-21H2,1-5H3,(H,31,35). The van der Waals surface area contributed by atoms with Gasteiger partial charge in [0, 0.05) is 36.6 Å². The molecule has 1 aromatic heterocycles. The Hall–Kier alpha value is -3.76. The van der Waals surface area contributed by atoms with Crippen LogP contribution in [0.15, 0.2) is 54.6 Å². The Balaban J connectivity index is 1.78. The molecule has 3 rings (SSSR count). The smallest absolute Gasteiger partial charge is 0.322 e. The third-order valence-electron chi connectivity index (χ3n) is 6.35.